The fraction of sp³-hybridized carbons (Fsp3) is 0.923. The summed E-state index contributed by atoms with van der Waals surface area (Å²) in [7, 11) is 0. The summed E-state index contributed by atoms with van der Waals surface area (Å²) < 4.78 is 5.75. The molecule has 18 heavy (non-hydrogen) atoms. The molecule has 2 fully saturated rings. The Morgan fingerprint density at radius 1 is 1.50 bits per heavy atom. The van der Waals surface area contributed by atoms with Crippen molar-refractivity contribution in [3.8, 4) is 0 Å². The summed E-state index contributed by atoms with van der Waals surface area (Å²) in [6, 6.07) is 0.896. The zero-order valence-electron chi connectivity index (χ0n) is 11.4. The second-order valence-corrected chi connectivity index (χ2v) is 5.54. The maximum Gasteiger partial charge on any atom is 0.220 e. The van der Waals surface area contributed by atoms with Crippen molar-refractivity contribution in [2.45, 2.75) is 44.9 Å². The van der Waals surface area contributed by atoms with Gasteiger partial charge in [-0.25, -0.2) is 0 Å². The highest BCUT2D eigenvalue weighted by Gasteiger charge is 2.23. The third kappa shape index (κ3) is 3.93. The molecular formula is C13H25N3O2. The van der Waals surface area contributed by atoms with Gasteiger partial charge in [-0.15, -0.1) is 0 Å². The average Bonchev–Trinajstić information content (AvgIpc) is 2.75. The van der Waals surface area contributed by atoms with Crippen LogP contribution in [0, 0.1) is 0 Å². The van der Waals surface area contributed by atoms with Crippen LogP contribution in [-0.4, -0.2) is 61.8 Å². The van der Waals surface area contributed by atoms with E-state index in [9.17, 15) is 4.79 Å². The molecule has 2 unspecified atom stereocenters. The van der Waals surface area contributed by atoms with Crippen molar-refractivity contribution in [2.24, 2.45) is 0 Å². The van der Waals surface area contributed by atoms with Crippen molar-refractivity contribution in [3.05, 3.63) is 0 Å². The van der Waals surface area contributed by atoms with E-state index in [2.05, 4.69) is 29.4 Å². The van der Waals surface area contributed by atoms with Gasteiger partial charge >= 0.3 is 0 Å². The lowest BCUT2D eigenvalue weighted by molar-refractivity contribution is -0.119. The monoisotopic (exact) mass is 255 g/mol. The van der Waals surface area contributed by atoms with Crippen LogP contribution in [0.25, 0.3) is 0 Å². The summed E-state index contributed by atoms with van der Waals surface area (Å²) >= 11 is 0. The number of hydrogen-bond acceptors (Lipinski definition) is 4. The lowest BCUT2D eigenvalue weighted by atomic mass is 10.2. The Morgan fingerprint density at radius 3 is 3.00 bits per heavy atom. The minimum absolute atomic E-state index is 0.182. The van der Waals surface area contributed by atoms with Gasteiger partial charge in [-0.1, -0.05) is 0 Å². The smallest absolute Gasteiger partial charge is 0.220 e. The molecule has 2 heterocycles. The molecule has 0 radical (unpaired) electrons. The van der Waals surface area contributed by atoms with E-state index in [0.717, 1.165) is 39.2 Å². The predicted molar refractivity (Wildman–Crippen MR) is 70.5 cm³/mol. The van der Waals surface area contributed by atoms with E-state index in [1.54, 1.807) is 0 Å². The van der Waals surface area contributed by atoms with Crippen LogP contribution in [0.4, 0.5) is 0 Å². The molecule has 2 rings (SSSR count). The Hall–Kier alpha value is -0.650. The van der Waals surface area contributed by atoms with Crippen molar-refractivity contribution in [1.29, 1.82) is 0 Å². The first kappa shape index (κ1) is 13.8. The summed E-state index contributed by atoms with van der Waals surface area (Å²) in [6.07, 6.45) is 1.90. The van der Waals surface area contributed by atoms with Crippen LogP contribution < -0.4 is 10.6 Å². The van der Waals surface area contributed by atoms with Crippen molar-refractivity contribution in [3.63, 3.8) is 0 Å². The fourth-order valence-corrected chi connectivity index (χ4v) is 2.58. The third-order valence-corrected chi connectivity index (χ3v) is 3.75. The normalized spacial score (nSPS) is 29.8. The molecule has 104 valence electrons. The first-order chi connectivity index (χ1) is 8.65. The van der Waals surface area contributed by atoms with Gasteiger partial charge in [0.2, 0.25) is 5.91 Å². The predicted octanol–water partition coefficient (Wildman–Crippen LogP) is -0.0362. The lowest BCUT2D eigenvalue weighted by Gasteiger charge is -2.35. The zero-order chi connectivity index (χ0) is 13.0. The van der Waals surface area contributed by atoms with Crippen LogP contribution in [0.5, 0.6) is 0 Å². The molecule has 0 saturated carbocycles. The molecule has 0 aromatic heterocycles. The van der Waals surface area contributed by atoms with Gasteiger partial charge in [-0.05, 0) is 20.3 Å². The number of carbonyl (C=O) groups excluding carboxylic acids is 1. The lowest BCUT2D eigenvalue weighted by Crippen LogP contribution is -2.50. The summed E-state index contributed by atoms with van der Waals surface area (Å²) in [5.41, 5.74) is 0. The summed E-state index contributed by atoms with van der Waals surface area (Å²) in [6.45, 7) is 9.04. The molecule has 2 aliphatic heterocycles. The largest absolute Gasteiger partial charge is 0.374 e. The van der Waals surface area contributed by atoms with Gasteiger partial charge in [0.15, 0.2) is 0 Å². The maximum absolute atomic E-state index is 11.1. The van der Waals surface area contributed by atoms with Crippen LogP contribution in [0.1, 0.15) is 26.7 Å². The van der Waals surface area contributed by atoms with Gasteiger partial charge in [-0.3, -0.25) is 9.69 Å². The third-order valence-electron chi connectivity index (χ3n) is 3.75. The zero-order valence-corrected chi connectivity index (χ0v) is 11.4. The number of hydrogen-bond donors (Lipinski definition) is 2. The number of rotatable bonds is 5. The molecule has 2 N–H and O–H groups in total. The quantitative estimate of drug-likeness (QED) is 0.724. The van der Waals surface area contributed by atoms with E-state index in [1.807, 2.05) is 0 Å². The number of morpholine rings is 1. The van der Waals surface area contributed by atoms with Crippen molar-refractivity contribution in [1.82, 2.24) is 15.5 Å². The average molecular weight is 255 g/mol. The summed E-state index contributed by atoms with van der Waals surface area (Å²) in [5.74, 6) is 0.182. The molecule has 1 amide bonds. The summed E-state index contributed by atoms with van der Waals surface area (Å²) in [4.78, 5) is 13.5. The molecule has 0 aromatic rings. The highest BCUT2D eigenvalue weighted by molar-refractivity contribution is 5.78. The molecule has 0 aromatic carbocycles. The van der Waals surface area contributed by atoms with Gasteiger partial charge in [0, 0.05) is 44.7 Å². The van der Waals surface area contributed by atoms with E-state index in [0.29, 0.717) is 18.5 Å². The SMILES string of the molecule is CC(C)N1CCOC(CNCC2CCC(=O)N2)C1. The first-order valence-electron chi connectivity index (χ1n) is 7.01. The van der Waals surface area contributed by atoms with Gasteiger partial charge in [0.1, 0.15) is 0 Å². The molecule has 2 aliphatic rings. The second-order valence-electron chi connectivity index (χ2n) is 5.54. The molecule has 2 atom stereocenters. The van der Waals surface area contributed by atoms with E-state index < -0.39 is 0 Å². The van der Waals surface area contributed by atoms with Crippen LogP contribution in [-0.2, 0) is 9.53 Å². The van der Waals surface area contributed by atoms with E-state index >= 15 is 0 Å². The van der Waals surface area contributed by atoms with E-state index in [1.165, 1.54) is 0 Å². The minimum atomic E-state index is 0.182. The molecule has 0 spiro atoms. The number of amides is 1. The highest BCUT2D eigenvalue weighted by Crippen LogP contribution is 2.09. The molecule has 0 bridgehead atoms. The fourth-order valence-electron chi connectivity index (χ4n) is 2.58. The van der Waals surface area contributed by atoms with Crippen molar-refractivity contribution < 1.29 is 9.53 Å². The second kappa shape index (κ2) is 6.50. The van der Waals surface area contributed by atoms with Gasteiger partial charge in [-0.2, -0.15) is 0 Å². The number of carbonyl (C=O) groups is 1. The number of nitrogens with one attached hydrogen (secondary N) is 2. The van der Waals surface area contributed by atoms with Crippen LogP contribution in [0.2, 0.25) is 0 Å². The van der Waals surface area contributed by atoms with E-state index in [4.69, 9.17) is 4.74 Å². The maximum atomic E-state index is 11.1. The van der Waals surface area contributed by atoms with E-state index in [-0.39, 0.29) is 12.0 Å². The van der Waals surface area contributed by atoms with Crippen molar-refractivity contribution in [2.75, 3.05) is 32.8 Å². The Balaban J connectivity index is 1.62. The van der Waals surface area contributed by atoms with Gasteiger partial charge < -0.3 is 15.4 Å². The molecule has 5 heteroatoms. The van der Waals surface area contributed by atoms with Gasteiger partial charge in [0.05, 0.1) is 12.7 Å². The Bertz CT molecular complexity index is 283. The van der Waals surface area contributed by atoms with Crippen LogP contribution in [0.15, 0.2) is 0 Å². The molecule has 0 aliphatic carbocycles. The van der Waals surface area contributed by atoms with Gasteiger partial charge in [0.25, 0.3) is 0 Å². The minimum Gasteiger partial charge on any atom is -0.374 e. The topological polar surface area (TPSA) is 53.6 Å². The Labute approximate surface area is 109 Å². The first-order valence-corrected chi connectivity index (χ1v) is 7.01. The highest BCUT2D eigenvalue weighted by atomic mass is 16.5. The van der Waals surface area contributed by atoms with Crippen LogP contribution >= 0.6 is 0 Å². The molecule has 5 nitrogen and oxygen atoms in total. The number of nitrogens with zero attached hydrogens (tertiary/aromatic N) is 1. The standard InChI is InChI=1S/C13H25N3O2/c1-10(2)16-5-6-18-12(9-16)8-14-7-11-3-4-13(17)15-11/h10-12,14H,3-9H2,1-2H3,(H,15,17). The number of ether oxygens (including phenoxy) is 1. The molecule has 2 saturated heterocycles. The Kier molecular flexibility index (Phi) is 4.97. The van der Waals surface area contributed by atoms with Crippen LogP contribution in [0.3, 0.4) is 0 Å². The van der Waals surface area contributed by atoms with Crippen molar-refractivity contribution >= 4 is 5.91 Å². The Morgan fingerprint density at radius 2 is 2.33 bits per heavy atom. The molecular weight excluding hydrogens is 230 g/mol. The summed E-state index contributed by atoms with van der Waals surface area (Å²) in [5, 5.41) is 6.38.